The second-order valence-corrected chi connectivity index (χ2v) is 8.58. The third-order valence-electron chi connectivity index (χ3n) is 5.16. The van der Waals surface area contributed by atoms with Gasteiger partial charge in [-0.15, -0.1) is 0 Å². The van der Waals surface area contributed by atoms with E-state index in [1.54, 1.807) is 17.0 Å². The number of likely N-dealkylation sites (tertiary alicyclic amines) is 1. The first-order chi connectivity index (χ1) is 12.4. The molecule has 5 heteroatoms. The van der Waals surface area contributed by atoms with Gasteiger partial charge >= 0.3 is 5.97 Å². The van der Waals surface area contributed by atoms with Crippen molar-refractivity contribution in [3.8, 4) is 5.75 Å². The minimum atomic E-state index is -0.250. The number of nitrogens with one attached hydrogen (secondary N) is 1. The number of unbranched alkanes of at least 4 members (excludes halogenated alkanes) is 1. The summed E-state index contributed by atoms with van der Waals surface area (Å²) < 4.78 is 11.2. The molecule has 1 N–H and O–H groups in total. The van der Waals surface area contributed by atoms with E-state index < -0.39 is 0 Å². The minimum absolute atomic E-state index is 0. The van der Waals surface area contributed by atoms with Crippen LogP contribution in [0.5, 0.6) is 5.75 Å². The van der Waals surface area contributed by atoms with Gasteiger partial charge in [0, 0.05) is 5.41 Å². The number of hydrogen-bond donors (Lipinski definition) is 1. The van der Waals surface area contributed by atoms with Gasteiger partial charge in [0.15, 0.2) is 0 Å². The molecule has 1 aromatic carbocycles. The maximum atomic E-state index is 12.3. The number of ether oxygens (including phenoxy) is 2. The average molecular weight is 398 g/mol. The van der Waals surface area contributed by atoms with Crippen LogP contribution in [0.15, 0.2) is 24.3 Å². The second kappa shape index (κ2) is 11.6. The molecule has 1 fully saturated rings. The molecule has 2 rings (SSSR count). The molecule has 1 aromatic rings. The van der Waals surface area contributed by atoms with Crippen LogP contribution in [0.2, 0.25) is 0 Å². The number of carbonyl (C=O) groups excluding carboxylic acids is 1. The summed E-state index contributed by atoms with van der Waals surface area (Å²) in [6, 6.07) is 7.26. The zero-order valence-electron chi connectivity index (χ0n) is 17.4. The van der Waals surface area contributed by atoms with E-state index >= 15 is 0 Å². The Morgan fingerprint density at radius 2 is 1.81 bits per heavy atom. The van der Waals surface area contributed by atoms with Crippen LogP contribution in [0.4, 0.5) is 0 Å². The molecule has 0 aromatic heterocycles. The molecule has 0 spiro atoms. The van der Waals surface area contributed by atoms with Crippen molar-refractivity contribution < 1.29 is 31.6 Å². The highest BCUT2D eigenvalue weighted by Crippen LogP contribution is 2.17. The molecule has 154 valence electrons. The molecule has 27 heavy (non-hydrogen) atoms. The lowest BCUT2D eigenvalue weighted by Crippen LogP contribution is -3.14. The van der Waals surface area contributed by atoms with Crippen molar-refractivity contribution in [3.63, 3.8) is 0 Å². The van der Waals surface area contributed by atoms with Gasteiger partial charge in [-0.1, -0.05) is 34.1 Å². The van der Waals surface area contributed by atoms with Crippen LogP contribution in [0.1, 0.15) is 63.7 Å². The highest BCUT2D eigenvalue weighted by Gasteiger charge is 2.29. The fourth-order valence-electron chi connectivity index (χ4n) is 3.44. The van der Waals surface area contributed by atoms with Gasteiger partial charge in [0.05, 0.1) is 31.8 Å². The quantitative estimate of drug-likeness (QED) is 0.483. The van der Waals surface area contributed by atoms with Gasteiger partial charge in [0.1, 0.15) is 12.4 Å². The molecule has 0 unspecified atom stereocenters. The van der Waals surface area contributed by atoms with Crippen LogP contribution in [-0.4, -0.2) is 38.8 Å². The van der Waals surface area contributed by atoms with E-state index in [2.05, 4.69) is 27.7 Å². The Kier molecular flexibility index (Phi) is 10.2. The first-order valence-electron chi connectivity index (χ1n) is 10.1. The number of benzene rings is 1. The first kappa shape index (κ1) is 23.8. The van der Waals surface area contributed by atoms with E-state index in [1.807, 2.05) is 12.1 Å². The van der Waals surface area contributed by atoms with Crippen LogP contribution in [0.25, 0.3) is 0 Å². The monoisotopic (exact) mass is 397 g/mol. The van der Waals surface area contributed by atoms with E-state index in [9.17, 15) is 4.79 Å². The molecule has 0 radical (unpaired) electrons. The summed E-state index contributed by atoms with van der Waals surface area (Å²) in [5, 5.41) is 0. The number of rotatable bonds is 9. The van der Waals surface area contributed by atoms with E-state index in [4.69, 9.17) is 9.47 Å². The molecule has 1 saturated heterocycles. The Balaban J connectivity index is 0.00000364. The molecular formula is C22H36ClNO3. The molecule has 0 bridgehead atoms. The summed E-state index contributed by atoms with van der Waals surface area (Å²) >= 11 is 0. The minimum Gasteiger partial charge on any atom is -1.00 e. The Bertz CT molecular complexity index is 551. The first-order valence-corrected chi connectivity index (χ1v) is 10.1. The Morgan fingerprint density at radius 3 is 2.41 bits per heavy atom. The number of piperidine rings is 1. The number of quaternary nitrogens is 1. The van der Waals surface area contributed by atoms with Crippen molar-refractivity contribution in [2.75, 3.05) is 32.8 Å². The maximum absolute atomic E-state index is 12.3. The zero-order valence-corrected chi connectivity index (χ0v) is 18.1. The van der Waals surface area contributed by atoms with E-state index in [0.29, 0.717) is 18.8 Å². The van der Waals surface area contributed by atoms with Gasteiger partial charge in [0.25, 0.3) is 0 Å². The molecule has 0 aliphatic carbocycles. The summed E-state index contributed by atoms with van der Waals surface area (Å²) in [4.78, 5) is 14.0. The van der Waals surface area contributed by atoms with Crippen molar-refractivity contribution in [2.45, 2.75) is 53.4 Å². The molecule has 4 nitrogen and oxygen atoms in total. The van der Waals surface area contributed by atoms with Gasteiger partial charge in [-0.25, -0.2) is 4.79 Å². The van der Waals surface area contributed by atoms with E-state index in [0.717, 1.165) is 31.1 Å². The van der Waals surface area contributed by atoms with E-state index in [-0.39, 0.29) is 23.8 Å². The van der Waals surface area contributed by atoms with Gasteiger partial charge in [-0.05, 0) is 49.4 Å². The zero-order chi connectivity index (χ0) is 19.0. The fourth-order valence-corrected chi connectivity index (χ4v) is 3.44. The standard InChI is InChI=1S/C22H35NO3.ClH/c1-5-6-15-25-20-9-7-19(8-10-20)21(24)26-17-22(3,4)16-23-13-11-18(2)12-14-23;/h7-10,18H,5-6,11-17H2,1-4H3;1H. The molecule has 0 atom stereocenters. The summed E-state index contributed by atoms with van der Waals surface area (Å²) in [6.45, 7) is 13.5. The Morgan fingerprint density at radius 1 is 1.19 bits per heavy atom. The molecule has 0 saturated carbocycles. The van der Waals surface area contributed by atoms with Gasteiger partial charge in [-0.3, -0.25) is 0 Å². The third kappa shape index (κ3) is 8.52. The van der Waals surface area contributed by atoms with Crippen LogP contribution < -0.4 is 22.0 Å². The summed E-state index contributed by atoms with van der Waals surface area (Å²) in [5.41, 5.74) is 0.581. The van der Waals surface area contributed by atoms with Crippen molar-refractivity contribution >= 4 is 5.97 Å². The van der Waals surface area contributed by atoms with Crippen molar-refractivity contribution in [3.05, 3.63) is 29.8 Å². The fraction of sp³-hybridized carbons (Fsp3) is 0.682. The summed E-state index contributed by atoms with van der Waals surface area (Å²) in [5.74, 6) is 1.41. The topological polar surface area (TPSA) is 40.0 Å². The van der Waals surface area contributed by atoms with Crippen LogP contribution in [0, 0.1) is 11.3 Å². The SMILES string of the molecule is CCCCOc1ccc(C(=O)OCC(C)(C)C[NH+]2CCC(C)CC2)cc1.[Cl-]. The molecule has 0 amide bonds. The largest absolute Gasteiger partial charge is 1.00 e. The van der Waals surface area contributed by atoms with Gasteiger partial charge < -0.3 is 26.8 Å². The van der Waals surface area contributed by atoms with Crippen LogP contribution >= 0.6 is 0 Å². The van der Waals surface area contributed by atoms with Crippen LogP contribution in [-0.2, 0) is 4.74 Å². The Labute approximate surface area is 171 Å². The van der Waals surface area contributed by atoms with Crippen LogP contribution in [0.3, 0.4) is 0 Å². The maximum Gasteiger partial charge on any atom is 0.338 e. The molecule has 1 aliphatic heterocycles. The lowest BCUT2D eigenvalue weighted by Gasteiger charge is -2.33. The normalized spacial score (nSPS) is 19.9. The molecular weight excluding hydrogens is 362 g/mol. The number of halogens is 1. The highest BCUT2D eigenvalue weighted by molar-refractivity contribution is 5.89. The van der Waals surface area contributed by atoms with Gasteiger partial charge in [-0.2, -0.15) is 0 Å². The second-order valence-electron chi connectivity index (χ2n) is 8.58. The van der Waals surface area contributed by atoms with Crippen molar-refractivity contribution in [1.29, 1.82) is 0 Å². The highest BCUT2D eigenvalue weighted by atomic mass is 35.5. The number of carbonyl (C=O) groups is 1. The van der Waals surface area contributed by atoms with Crippen molar-refractivity contribution in [2.24, 2.45) is 11.3 Å². The smallest absolute Gasteiger partial charge is 0.338 e. The molecule has 1 aliphatic rings. The predicted molar refractivity (Wildman–Crippen MR) is 105 cm³/mol. The lowest BCUT2D eigenvalue weighted by molar-refractivity contribution is -0.912. The lowest BCUT2D eigenvalue weighted by atomic mass is 9.91. The number of hydrogen-bond acceptors (Lipinski definition) is 3. The van der Waals surface area contributed by atoms with Gasteiger partial charge in [0.2, 0.25) is 0 Å². The summed E-state index contributed by atoms with van der Waals surface area (Å²) in [7, 11) is 0. The van der Waals surface area contributed by atoms with E-state index in [1.165, 1.54) is 25.9 Å². The summed E-state index contributed by atoms with van der Waals surface area (Å²) in [6.07, 6.45) is 4.75. The predicted octanol–water partition coefficient (Wildman–Crippen LogP) is 0.367. The molecule has 1 heterocycles. The number of esters is 1. The third-order valence-corrected chi connectivity index (χ3v) is 5.16. The Hall–Kier alpha value is -1.26. The van der Waals surface area contributed by atoms with Crippen molar-refractivity contribution in [1.82, 2.24) is 0 Å². The average Bonchev–Trinajstić information content (AvgIpc) is 2.62.